The van der Waals surface area contributed by atoms with E-state index >= 15 is 0 Å². The second kappa shape index (κ2) is 14.9. The Morgan fingerprint density at radius 1 is 1.14 bits per heavy atom. The second-order valence-electron chi connectivity index (χ2n) is 10.1. The van der Waals surface area contributed by atoms with Crippen LogP contribution < -0.4 is 4.74 Å². The van der Waals surface area contributed by atoms with Crippen LogP contribution in [0.3, 0.4) is 0 Å². The molecule has 1 aliphatic carbocycles. The fourth-order valence-electron chi connectivity index (χ4n) is 4.92. The molecule has 7 heteroatoms. The third-order valence-electron chi connectivity index (χ3n) is 6.98. The first-order chi connectivity index (χ1) is 17.9. The first-order valence-corrected chi connectivity index (χ1v) is 13.8. The summed E-state index contributed by atoms with van der Waals surface area (Å²) < 4.78 is 19.4. The highest BCUT2D eigenvalue weighted by molar-refractivity contribution is 5.52. The first kappa shape index (κ1) is 28.9. The molecule has 0 amide bonds. The number of aromatic hydroxyl groups is 1. The van der Waals surface area contributed by atoms with Crippen LogP contribution in [-0.4, -0.2) is 46.5 Å². The Hall–Kier alpha value is -2.64. The number of benzene rings is 1. The van der Waals surface area contributed by atoms with Crippen molar-refractivity contribution < 1.29 is 19.3 Å². The van der Waals surface area contributed by atoms with Gasteiger partial charge in [-0.15, -0.1) is 5.10 Å². The maximum atomic E-state index is 11.2. The number of unbranched alkanes of at least 4 members (excludes halogenated alkanes) is 2. The van der Waals surface area contributed by atoms with E-state index < -0.39 is 0 Å². The van der Waals surface area contributed by atoms with Crippen molar-refractivity contribution in [3.8, 4) is 11.5 Å². The smallest absolute Gasteiger partial charge is 0.127 e. The molecule has 2 unspecified atom stereocenters. The molecule has 0 radical (unpaired) electrons. The number of allylic oxidation sites excluding steroid dienone is 3. The topological polar surface area (TPSA) is 78.6 Å². The average Bonchev–Trinajstić information content (AvgIpc) is 3.33. The summed E-state index contributed by atoms with van der Waals surface area (Å²) in [5, 5.41) is 19.3. The summed E-state index contributed by atoms with van der Waals surface area (Å²) in [4.78, 5) is 0. The van der Waals surface area contributed by atoms with Crippen LogP contribution in [0.15, 0.2) is 42.1 Å². The van der Waals surface area contributed by atoms with Crippen molar-refractivity contribution in [1.29, 1.82) is 0 Å². The van der Waals surface area contributed by atoms with Crippen LogP contribution in [0.4, 0.5) is 0 Å². The van der Waals surface area contributed by atoms with Crippen LogP contribution in [0.5, 0.6) is 11.5 Å². The quantitative estimate of drug-likeness (QED) is 0.209. The van der Waals surface area contributed by atoms with Crippen molar-refractivity contribution in [2.45, 2.75) is 85.3 Å². The van der Waals surface area contributed by atoms with Gasteiger partial charge in [0.25, 0.3) is 0 Å². The molecule has 0 spiro atoms. The number of aryl methyl sites for hydroxylation is 2. The Labute approximate surface area is 222 Å². The molecule has 3 rings (SSSR count). The van der Waals surface area contributed by atoms with Gasteiger partial charge in [0, 0.05) is 18.0 Å². The van der Waals surface area contributed by atoms with E-state index in [9.17, 15) is 5.11 Å². The zero-order valence-electron chi connectivity index (χ0n) is 23.2. The Balaban J connectivity index is 1.59. The molecule has 0 saturated carbocycles. The molecular formula is C30H45N3O4. The highest BCUT2D eigenvalue weighted by Crippen LogP contribution is 2.47. The molecule has 1 aromatic heterocycles. The lowest BCUT2D eigenvalue weighted by Crippen LogP contribution is -2.19. The van der Waals surface area contributed by atoms with Gasteiger partial charge in [-0.3, -0.25) is 4.68 Å². The average molecular weight is 512 g/mol. The van der Waals surface area contributed by atoms with Crippen LogP contribution in [0.1, 0.15) is 82.5 Å². The van der Waals surface area contributed by atoms with Crippen LogP contribution in [0.25, 0.3) is 0 Å². The van der Waals surface area contributed by atoms with E-state index in [1.807, 2.05) is 19.2 Å². The minimum atomic E-state index is 0.0610. The summed E-state index contributed by atoms with van der Waals surface area (Å²) in [6.07, 6.45) is 10.6. The maximum Gasteiger partial charge on any atom is 0.127 e. The molecule has 1 N–H and O–H groups in total. The van der Waals surface area contributed by atoms with Crippen molar-refractivity contribution in [2.24, 2.45) is 5.92 Å². The van der Waals surface area contributed by atoms with E-state index in [0.29, 0.717) is 38.8 Å². The summed E-state index contributed by atoms with van der Waals surface area (Å²) in [5.74, 6) is 1.43. The van der Waals surface area contributed by atoms with Gasteiger partial charge in [-0.1, -0.05) is 48.8 Å². The monoisotopic (exact) mass is 511 g/mol. The van der Waals surface area contributed by atoms with Crippen LogP contribution in [-0.2, 0) is 29.0 Å². The molecule has 1 aliphatic rings. The summed E-state index contributed by atoms with van der Waals surface area (Å²) in [7, 11) is 0. The predicted molar refractivity (Wildman–Crippen MR) is 147 cm³/mol. The lowest BCUT2D eigenvalue weighted by atomic mass is 9.73. The highest BCUT2D eigenvalue weighted by atomic mass is 16.5. The normalized spacial score (nSPS) is 17.6. The van der Waals surface area contributed by atoms with Gasteiger partial charge in [0.2, 0.25) is 0 Å². The predicted octanol–water partition coefficient (Wildman–Crippen LogP) is 6.36. The number of hydrogen-bond acceptors (Lipinski definition) is 6. The number of rotatable bonds is 16. The second-order valence-corrected chi connectivity index (χ2v) is 10.1. The Morgan fingerprint density at radius 2 is 1.92 bits per heavy atom. The van der Waals surface area contributed by atoms with Gasteiger partial charge in [0.05, 0.1) is 32.6 Å². The summed E-state index contributed by atoms with van der Waals surface area (Å²) in [6, 6.07) is 4.04. The number of phenolic OH excluding ortho intramolecular Hbond substituents is 1. The molecule has 2 aromatic rings. The highest BCUT2D eigenvalue weighted by Gasteiger charge is 2.30. The molecule has 7 nitrogen and oxygen atoms in total. The molecule has 1 aromatic carbocycles. The van der Waals surface area contributed by atoms with Crippen molar-refractivity contribution in [2.75, 3.05) is 26.4 Å². The number of aromatic nitrogens is 3. The number of nitrogens with zero attached hydrogens (tertiary/aromatic N) is 3. The van der Waals surface area contributed by atoms with E-state index in [1.54, 1.807) is 4.68 Å². The zero-order chi connectivity index (χ0) is 26.6. The molecule has 2 atom stereocenters. The van der Waals surface area contributed by atoms with Crippen molar-refractivity contribution >= 4 is 0 Å². The van der Waals surface area contributed by atoms with Crippen molar-refractivity contribution in [1.82, 2.24) is 15.0 Å². The maximum absolute atomic E-state index is 11.2. The number of phenols is 1. The first-order valence-electron chi connectivity index (χ1n) is 13.8. The molecular weight excluding hydrogens is 466 g/mol. The molecule has 37 heavy (non-hydrogen) atoms. The zero-order valence-corrected chi connectivity index (χ0v) is 23.2. The van der Waals surface area contributed by atoms with Gasteiger partial charge in [-0.05, 0) is 70.1 Å². The van der Waals surface area contributed by atoms with Gasteiger partial charge in [-0.2, -0.15) is 0 Å². The number of ether oxygens (including phenoxy) is 3. The fourth-order valence-corrected chi connectivity index (χ4v) is 4.92. The Kier molecular flexibility index (Phi) is 11.7. The fraction of sp³-hybridized carbons (Fsp3) is 0.600. The van der Waals surface area contributed by atoms with E-state index in [4.69, 9.17) is 14.2 Å². The molecule has 0 aliphatic heterocycles. The third kappa shape index (κ3) is 8.71. The van der Waals surface area contributed by atoms with E-state index in [1.165, 1.54) is 18.4 Å². The molecule has 1 heterocycles. The van der Waals surface area contributed by atoms with Gasteiger partial charge >= 0.3 is 0 Å². The van der Waals surface area contributed by atoms with Crippen LogP contribution in [0.2, 0.25) is 0 Å². The number of hydrogen-bond donors (Lipinski definition) is 1. The molecule has 0 saturated heterocycles. The Bertz CT molecular complexity index is 1030. The third-order valence-corrected chi connectivity index (χ3v) is 6.98. The van der Waals surface area contributed by atoms with Crippen molar-refractivity contribution in [3.05, 3.63) is 59.0 Å². The minimum absolute atomic E-state index is 0.0610. The SMILES string of the molecule is C=C(C)C1CCC(C)=CC1c1c(O)cc(CCCCC)cc1OCCOCCOCc1cn(CC)nn1. The van der Waals surface area contributed by atoms with E-state index in [0.717, 1.165) is 60.4 Å². The lowest BCUT2D eigenvalue weighted by Gasteiger charge is -2.32. The van der Waals surface area contributed by atoms with Crippen LogP contribution >= 0.6 is 0 Å². The van der Waals surface area contributed by atoms with Gasteiger partial charge < -0.3 is 19.3 Å². The van der Waals surface area contributed by atoms with Gasteiger partial charge in [-0.25, -0.2) is 0 Å². The standard InChI is InChI=1S/C30H45N3O4/c1-6-8-9-10-24-18-28(34)30(27-17-23(5)11-12-26(27)22(3)4)29(19-24)37-16-15-35-13-14-36-21-25-20-33(7-2)32-31-25/h17-20,26-27,34H,3,6-16,21H2,1-2,4-5H3. The summed E-state index contributed by atoms with van der Waals surface area (Å²) >= 11 is 0. The molecule has 0 bridgehead atoms. The van der Waals surface area contributed by atoms with E-state index in [2.05, 4.69) is 49.8 Å². The molecule has 0 fully saturated rings. The summed E-state index contributed by atoms with van der Waals surface area (Å²) in [5.41, 5.74) is 5.29. The summed E-state index contributed by atoms with van der Waals surface area (Å²) in [6.45, 7) is 15.7. The van der Waals surface area contributed by atoms with E-state index in [-0.39, 0.29) is 11.8 Å². The largest absolute Gasteiger partial charge is 0.507 e. The Morgan fingerprint density at radius 3 is 2.65 bits per heavy atom. The molecule has 204 valence electrons. The lowest BCUT2D eigenvalue weighted by molar-refractivity contribution is 0.0292. The van der Waals surface area contributed by atoms with Crippen molar-refractivity contribution in [3.63, 3.8) is 0 Å². The van der Waals surface area contributed by atoms with Crippen LogP contribution in [0, 0.1) is 5.92 Å². The minimum Gasteiger partial charge on any atom is -0.507 e. The van der Waals surface area contributed by atoms with Gasteiger partial charge in [0.1, 0.15) is 23.8 Å². The van der Waals surface area contributed by atoms with Gasteiger partial charge in [0.15, 0.2) is 0 Å².